The Hall–Kier alpha value is -2.76. The normalized spacial score (nSPS) is 17.6. The Morgan fingerprint density at radius 2 is 1.92 bits per heavy atom. The lowest BCUT2D eigenvalue weighted by Gasteiger charge is -2.28. The second kappa shape index (κ2) is 5.12. The van der Waals surface area contributed by atoms with Crippen molar-refractivity contribution in [1.82, 2.24) is 19.7 Å². The Morgan fingerprint density at radius 1 is 1.17 bits per heavy atom. The summed E-state index contributed by atoms with van der Waals surface area (Å²) in [6, 6.07) is 6.00. The summed E-state index contributed by atoms with van der Waals surface area (Å²) in [6.07, 6.45) is 5.64. The first-order chi connectivity index (χ1) is 11.4. The minimum Gasteiger partial charge on any atom is -0.311 e. The van der Waals surface area contributed by atoms with Crippen molar-refractivity contribution in [3.05, 3.63) is 47.9 Å². The minimum absolute atomic E-state index is 0.0118. The number of nitrogens with zero attached hydrogens (tertiary/aromatic N) is 4. The van der Waals surface area contributed by atoms with Crippen LogP contribution in [0.3, 0.4) is 0 Å². The van der Waals surface area contributed by atoms with Gasteiger partial charge in [0.1, 0.15) is 5.82 Å². The molecule has 0 saturated heterocycles. The van der Waals surface area contributed by atoms with Crippen molar-refractivity contribution >= 4 is 22.8 Å². The molecule has 1 amide bonds. The monoisotopic (exact) mass is 321 g/mol. The third kappa shape index (κ3) is 2.35. The van der Waals surface area contributed by atoms with Gasteiger partial charge in [-0.3, -0.25) is 14.8 Å². The van der Waals surface area contributed by atoms with Crippen LogP contribution in [0, 0.1) is 0 Å². The smallest absolute Gasteiger partial charge is 0.226 e. The van der Waals surface area contributed by atoms with E-state index in [4.69, 9.17) is 0 Å². The minimum atomic E-state index is -0.197. The number of hydrogen-bond acceptors (Lipinski definition) is 4. The lowest BCUT2D eigenvalue weighted by atomic mass is 9.87. The van der Waals surface area contributed by atoms with E-state index < -0.39 is 0 Å². The lowest BCUT2D eigenvalue weighted by Crippen LogP contribution is -2.30. The van der Waals surface area contributed by atoms with Gasteiger partial charge in [-0.1, -0.05) is 6.07 Å². The number of anilines is 1. The molecule has 3 aromatic rings. The fourth-order valence-electron chi connectivity index (χ4n) is 3.22. The van der Waals surface area contributed by atoms with Crippen molar-refractivity contribution in [3.8, 4) is 0 Å². The first kappa shape index (κ1) is 14.8. The average molecular weight is 321 g/mol. The predicted octanol–water partition coefficient (Wildman–Crippen LogP) is 3.06. The zero-order valence-corrected chi connectivity index (χ0v) is 13.9. The summed E-state index contributed by atoms with van der Waals surface area (Å²) in [7, 11) is 0. The Labute approximate surface area is 139 Å². The number of rotatable bonds is 1. The van der Waals surface area contributed by atoms with Gasteiger partial charge < -0.3 is 5.32 Å². The van der Waals surface area contributed by atoms with E-state index in [1.54, 1.807) is 12.4 Å². The quantitative estimate of drug-likeness (QED) is 0.747. The van der Waals surface area contributed by atoms with Crippen LogP contribution < -0.4 is 5.32 Å². The molecular formula is C18H19N5O. The maximum absolute atomic E-state index is 12.3. The SMILES string of the molecule is CC(C)(C)n1ncc2c1NC(=O)CC2c1ccc2nccnc2c1. The van der Waals surface area contributed by atoms with E-state index in [0.29, 0.717) is 6.42 Å². The molecule has 1 aromatic carbocycles. The van der Waals surface area contributed by atoms with Gasteiger partial charge in [-0.05, 0) is 38.5 Å². The second-order valence-electron chi connectivity index (χ2n) is 7.14. The molecule has 0 aliphatic carbocycles. The van der Waals surface area contributed by atoms with E-state index >= 15 is 0 Å². The highest BCUT2D eigenvalue weighted by Crippen LogP contribution is 2.39. The highest BCUT2D eigenvalue weighted by molar-refractivity contribution is 5.94. The van der Waals surface area contributed by atoms with Crippen LogP contribution in [-0.4, -0.2) is 25.7 Å². The third-order valence-electron chi connectivity index (χ3n) is 4.35. The van der Waals surface area contributed by atoms with Crippen molar-refractivity contribution in [2.75, 3.05) is 5.32 Å². The number of nitrogens with one attached hydrogen (secondary N) is 1. The summed E-state index contributed by atoms with van der Waals surface area (Å²) in [5.41, 5.74) is 3.61. The molecule has 2 aromatic heterocycles. The maximum Gasteiger partial charge on any atom is 0.226 e. The van der Waals surface area contributed by atoms with Gasteiger partial charge in [0.05, 0.1) is 22.8 Å². The van der Waals surface area contributed by atoms with Gasteiger partial charge in [0.25, 0.3) is 0 Å². The molecule has 24 heavy (non-hydrogen) atoms. The number of amides is 1. The van der Waals surface area contributed by atoms with Crippen LogP contribution in [0.25, 0.3) is 11.0 Å². The lowest BCUT2D eigenvalue weighted by molar-refractivity contribution is -0.116. The number of benzene rings is 1. The van der Waals surface area contributed by atoms with Crippen LogP contribution in [-0.2, 0) is 10.3 Å². The van der Waals surface area contributed by atoms with E-state index in [-0.39, 0.29) is 17.4 Å². The molecule has 1 aliphatic heterocycles. The Kier molecular flexibility index (Phi) is 3.16. The second-order valence-corrected chi connectivity index (χ2v) is 7.14. The van der Waals surface area contributed by atoms with E-state index in [0.717, 1.165) is 28.0 Å². The molecule has 0 radical (unpaired) electrons. The van der Waals surface area contributed by atoms with Gasteiger partial charge in [-0.2, -0.15) is 5.10 Å². The van der Waals surface area contributed by atoms with Crippen molar-refractivity contribution in [1.29, 1.82) is 0 Å². The van der Waals surface area contributed by atoms with Gasteiger partial charge >= 0.3 is 0 Å². The summed E-state index contributed by atoms with van der Waals surface area (Å²) in [4.78, 5) is 20.9. The molecular weight excluding hydrogens is 302 g/mol. The van der Waals surface area contributed by atoms with E-state index in [9.17, 15) is 4.79 Å². The number of carbonyl (C=O) groups excluding carboxylic acids is 1. The Bertz CT molecular complexity index is 938. The number of aromatic nitrogens is 4. The van der Waals surface area contributed by atoms with Crippen LogP contribution in [0.1, 0.15) is 44.2 Å². The molecule has 6 heteroatoms. The van der Waals surface area contributed by atoms with Crippen LogP contribution in [0.15, 0.2) is 36.8 Å². The van der Waals surface area contributed by atoms with E-state index in [1.807, 2.05) is 29.1 Å². The fourth-order valence-corrected chi connectivity index (χ4v) is 3.22. The molecule has 1 unspecified atom stereocenters. The third-order valence-corrected chi connectivity index (χ3v) is 4.35. The summed E-state index contributed by atoms with van der Waals surface area (Å²) in [5, 5.41) is 7.50. The van der Waals surface area contributed by atoms with E-state index in [1.165, 1.54) is 0 Å². The molecule has 3 heterocycles. The van der Waals surface area contributed by atoms with Crippen LogP contribution in [0.4, 0.5) is 5.82 Å². The highest BCUT2D eigenvalue weighted by atomic mass is 16.1. The first-order valence-electron chi connectivity index (χ1n) is 8.02. The average Bonchev–Trinajstić information content (AvgIpc) is 2.97. The predicted molar refractivity (Wildman–Crippen MR) is 91.9 cm³/mol. The molecule has 0 bridgehead atoms. The molecule has 0 saturated carbocycles. The highest BCUT2D eigenvalue weighted by Gasteiger charge is 2.32. The molecule has 1 atom stereocenters. The van der Waals surface area contributed by atoms with Gasteiger partial charge in [0, 0.05) is 30.3 Å². The molecule has 6 nitrogen and oxygen atoms in total. The Balaban J connectivity index is 1.84. The first-order valence-corrected chi connectivity index (χ1v) is 8.02. The standard InChI is InChI=1S/C18H19N5O/c1-18(2,3)23-17-13(10-21-23)12(9-16(24)22-17)11-4-5-14-15(8-11)20-7-6-19-14/h4-8,10,12H,9H2,1-3H3,(H,22,24). The zero-order chi connectivity index (χ0) is 16.9. The zero-order valence-electron chi connectivity index (χ0n) is 13.9. The van der Waals surface area contributed by atoms with Crippen LogP contribution in [0.5, 0.6) is 0 Å². The van der Waals surface area contributed by atoms with Crippen molar-refractivity contribution in [2.24, 2.45) is 0 Å². The molecule has 4 rings (SSSR count). The summed E-state index contributed by atoms with van der Waals surface area (Å²) in [6.45, 7) is 6.21. The topological polar surface area (TPSA) is 72.7 Å². The maximum atomic E-state index is 12.3. The molecule has 0 fully saturated rings. The van der Waals surface area contributed by atoms with Gasteiger partial charge in [-0.15, -0.1) is 0 Å². The van der Waals surface area contributed by atoms with Gasteiger partial charge in [-0.25, -0.2) is 4.68 Å². The summed E-state index contributed by atoms with van der Waals surface area (Å²) >= 11 is 0. The van der Waals surface area contributed by atoms with Gasteiger partial charge in [0.2, 0.25) is 5.91 Å². The van der Waals surface area contributed by atoms with Crippen LogP contribution in [0.2, 0.25) is 0 Å². The fraction of sp³-hybridized carbons (Fsp3) is 0.333. The van der Waals surface area contributed by atoms with Crippen molar-refractivity contribution in [2.45, 2.75) is 38.6 Å². The molecule has 1 N–H and O–H groups in total. The molecule has 0 spiro atoms. The van der Waals surface area contributed by atoms with Crippen LogP contribution >= 0.6 is 0 Å². The molecule has 122 valence electrons. The van der Waals surface area contributed by atoms with E-state index in [2.05, 4.69) is 41.2 Å². The largest absolute Gasteiger partial charge is 0.311 e. The molecule has 1 aliphatic rings. The Morgan fingerprint density at radius 3 is 2.67 bits per heavy atom. The number of hydrogen-bond donors (Lipinski definition) is 1. The summed E-state index contributed by atoms with van der Waals surface area (Å²) in [5.74, 6) is 0.789. The van der Waals surface area contributed by atoms with Crippen molar-refractivity contribution < 1.29 is 4.79 Å². The number of fused-ring (bicyclic) bond motifs is 2. The van der Waals surface area contributed by atoms with Gasteiger partial charge in [0.15, 0.2) is 0 Å². The van der Waals surface area contributed by atoms with Crippen molar-refractivity contribution in [3.63, 3.8) is 0 Å². The summed E-state index contributed by atoms with van der Waals surface area (Å²) < 4.78 is 1.88. The number of carbonyl (C=O) groups is 1.